The lowest BCUT2D eigenvalue weighted by Crippen LogP contribution is -2.52. The maximum atomic E-state index is 13.3. The molecule has 2 aromatic rings. The molecule has 1 amide bonds. The summed E-state index contributed by atoms with van der Waals surface area (Å²) in [4.78, 5) is 14.6. The zero-order valence-electron chi connectivity index (χ0n) is 19.0. The third-order valence-corrected chi connectivity index (χ3v) is 6.59. The molecule has 4 N–H and O–H groups in total. The highest BCUT2D eigenvalue weighted by molar-refractivity contribution is 5.98. The van der Waals surface area contributed by atoms with Crippen LogP contribution in [0.2, 0.25) is 0 Å². The second-order valence-corrected chi connectivity index (χ2v) is 8.89. The van der Waals surface area contributed by atoms with Gasteiger partial charge in [0.1, 0.15) is 11.4 Å². The molecule has 10 heteroatoms. The van der Waals surface area contributed by atoms with Crippen LogP contribution in [-0.2, 0) is 5.54 Å². The first-order chi connectivity index (χ1) is 15.9. The predicted octanol–water partition coefficient (Wildman–Crippen LogP) is 2.86. The quantitative estimate of drug-likeness (QED) is 0.568. The Morgan fingerprint density at radius 3 is 2.64 bits per heavy atom. The van der Waals surface area contributed by atoms with E-state index < -0.39 is 5.91 Å². The normalized spacial score (nSPS) is 22.4. The van der Waals surface area contributed by atoms with Gasteiger partial charge in [-0.3, -0.25) is 9.48 Å². The number of nitrogens with zero attached hydrogens (tertiary/aromatic N) is 5. The van der Waals surface area contributed by atoms with Crippen LogP contribution in [0.15, 0.2) is 53.0 Å². The van der Waals surface area contributed by atoms with Crippen LogP contribution in [0.25, 0.3) is 0 Å². The van der Waals surface area contributed by atoms with Crippen LogP contribution in [0.4, 0.5) is 15.9 Å². The molecule has 0 aliphatic carbocycles. The summed E-state index contributed by atoms with van der Waals surface area (Å²) < 4.78 is 15.1. The topological polar surface area (TPSA) is 113 Å². The number of benzene rings is 1. The van der Waals surface area contributed by atoms with Crippen molar-refractivity contribution in [2.75, 3.05) is 38.5 Å². The van der Waals surface area contributed by atoms with E-state index >= 15 is 0 Å². The fraction of sp³-hybridized carbons (Fsp3) is 0.478. The fourth-order valence-corrected chi connectivity index (χ4v) is 4.53. The second kappa shape index (κ2) is 9.80. The Morgan fingerprint density at radius 2 is 2.00 bits per heavy atom. The lowest BCUT2D eigenvalue weighted by Gasteiger charge is -2.42. The number of aromatic nitrogens is 2. The molecule has 2 aliphatic heterocycles. The fourth-order valence-electron chi connectivity index (χ4n) is 4.53. The van der Waals surface area contributed by atoms with Crippen molar-refractivity contribution in [1.82, 2.24) is 20.0 Å². The number of nitrogens with two attached hydrogens (primary N) is 1. The van der Waals surface area contributed by atoms with Crippen molar-refractivity contribution in [3.63, 3.8) is 0 Å². The summed E-state index contributed by atoms with van der Waals surface area (Å²) in [7, 11) is 1.92. The molecule has 1 aromatic heterocycles. The highest BCUT2D eigenvalue weighted by Gasteiger charge is 2.38. The Hall–Kier alpha value is -3.11. The van der Waals surface area contributed by atoms with E-state index in [1.165, 1.54) is 12.1 Å². The molecule has 2 aliphatic rings. The Bertz CT molecular complexity index is 1020. The molecule has 0 spiro atoms. The molecule has 176 valence electrons. The lowest BCUT2D eigenvalue weighted by atomic mass is 9.87. The first kappa shape index (κ1) is 23.1. The van der Waals surface area contributed by atoms with E-state index in [9.17, 15) is 9.18 Å². The first-order valence-electron chi connectivity index (χ1n) is 11.3. The van der Waals surface area contributed by atoms with Crippen molar-refractivity contribution < 1.29 is 9.18 Å². The highest BCUT2D eigenvalue weighted by atomic mass is 19.1. The molecule has 2 unspecified atom stereocenters. The summed E-state index contributed by atoms with van der Waals surface area (Å²) >= 11 is 0. The average molecular weight is 455 g/mol. The van der Waals surface area contributed by atoms with Gasteiger partial charge in [0.15, 0.2) is 5.82 Å². The van der Waals surface area contributed by atoms with Gasteiger partial charge in [0.2, 0.25) is 0 Å². The average Bonchev–Trinajstić information content (AvgIpc) is 3.23. The van der Waals surface area contributed by atoms with Crippen LogP contribution in [0.1, 0.15) is 30.1 Å². The largest absolute Gasteiger partial charge is 0.365 e. The Morgan fingerprint density at radius 1 is 1.27 bits per heavy atom. The highest BCUT2D eigenvalue weighted by Crippen LogP contribution is 2.32. The van der Waals surface area contributed by atoms with E-state index in [1.807, 2.05) is 11.7 Å². The minimum absolute atomic E-state index is 0.171. The summed E-state index contributed by atoms with van der Waals surface area (Å²) in [5, 5.41) is 19.6. The summed E-state index contributed by atoms with van der Waals surface area (Å²) in [6.45, 7) is 5.51. The zero-order chi connectivity index (χ0) is 23.4. The van der Waals surface area contributed by atoms with Crippen LogP contribution in [0, 0.1) is 11.7 Å². The SMILES string of the molecule is CNCC1(n2cc(C(N)=O)c(Nc3ccc(F)cc3)n2)CCN(CC2N=NC=CC2C)CC1. The van der Waals surface area contributed by atoms with Crippen LogP contribution < -0.4 is 16.4 Å². The minimum atomic E-state index is -0.562. The van der Waals surface area contributed by atoms with E-state index in [0.717, 1.165) is 32.5 Å². The number of carbonyl (C=O) groups excluding carboxylic acids is 1. The van der Waals surface area contributed by atoms with Crippen molar-refractivity contribution in [1.29, 1.82) is 0 Å². The van der Waals surface area contributed by atoms with E-state index in [0.29, 0.717) is 29.5 Å². The van der Waals surface area contributed by atoms with Gasteiger partial charge >= 0.3 is 0 Å². The summed E-state index contributed by atoms with van der Waals surface area (Å²) in [5.74, 6) is -0.153. The number of likely N-dealkylation sites (tertiary alicyclic amines) is 1. The van der Waals surface area contributed by atoms with Gasteiger partial charge in [-0.1, -0.05) is 13.0 Å². The number of rotatable bonds is 8. The molecule has 1 fully saturated rings. The zero-order valence-corrected chi connectivity index (χ0v) is 19.0. The molecule has 33 heavy (non-hydrogen) atoms. The Balaban J connectivity index is 1.52. The number of hydrogen-bond acceptors (Lipinski definition) is 7. The number of hydrogen-bond donors (Lipinski definition) is 3. The molecule has 9 nitrogen and oxygen atoms in total. The maximum absolute atomic E-state index is 13.3. The van der Waals surface area contributed by atoms with Crippen LogP contribution >= 0.6 is 0 Å². The van der Waals surface area contributed by atoms with Gasteiger partial charge in [-0.05, 0) is 44.2 Å². The number of amides is 1. The molecule has 0 radical (unpaired) electrons. The second-order valence-electron chi connectivity index (χ2n) is 8.89. The summed E-state index contributed by atoms with van der Waals surface area (Å²) in [5.41, 5.74) is 6.29. The molecular formula is C23H31FN8O. The summed E-state index contributed by atoms with van der Waals surface area (Å²) in [6.07, 6.45) is 7.30. The monoisotopic (exact) mass is 454 g/mol. The predicted molar refractivity (Wildman–Crippen MR) is 125 cm³/mol. The van der Waals surface area contributed by atoms with Crippen molar-refractivity contribution >= 4 is 17.4 Å². The number of anilines is 2. The molecule has 1 saturated heterocycles. The Kier molecular flexibility index (Phi) is 6.85. The standard InChI is InChI=1S/C23H31FN8O/c1-16-7-10-27-29-20(16)14-31-11-8-23(9-12-31,15-26-2)32-13-19(21(25)33)22(30-32)28-18-5-3-17(24)4-6-18/h3-7,10,13,16,20,26H,8-9,11-12,14-15H2,1-2H3,(H2,25,33)(H,28,30). The number of nitrogens with one attached hydrogen (secondary N) is 2. The third-order valence-electron chi connectivity index (χ3n) is 6.59. The smallest absolute Gasteiger partial charge is 0.254 e. The molecular weight excluding hydrogens is 423 g/mol. The van der Waals surface area contributed by atoms with Crippen LogP contribution in [-0.4, -0.2) is 59.9 Å². The van der Waals surface area contributed by atoms with E-state index in [4.69, 9.17) is 10.8 Å². The van der Waals surface area contributed by atoms with Crippen molar-refractivity contribution in [2.45, 2.75) is 31.3 Å². The molecule has 0 bridgehead atoms. The number of carbonyl (C=O) groups is 1. The third kappa shape index (κ3) is 5.12. The molecule has 1 aromatic carbocycles. The molecule has 4 rings (SSSR count). The Labute approximate surface area is 192 Å². The van der Waals surface area contributed by atoms with E-state index in [-0.39, 0.29) is 17.4 Å². The molecule has 3 heterocycles. The summed E-state index contributed by atoms with van der Waals surface area (Å²) in [6, 6.07) is 6.07. The first-order valence-corrected chi connectivity index (χ1v) is 11.3. The van der Waals surface area contributed by atoms with Crippen molar-refractivity contribution in [2.24, 2.45) is 21.9 Å². The minimum Gasteiger partial charge on any atom is -0.365 e. The van der Waals surface area contributed by atoms with Gasteiger partial charge in [-0.15, -0.1) is 0 Å². The number of halogens is 1. The van der Waals surface area contributed by atoms with Crippen LogP contribution in [0.3, 0.4) is 0 Å². The van der Waals surface area contributed by atoms with Gasteiger partial charge in [0.25, 0.3) is 5.91 Å². The number of primary amides is 1. The number of azo groups is 1. The molecule has 0 saturated carbocycles. The molecule has 2 atom stereocenters. The van der Waals surface area contributed by atoms with Crippen molar-refractivity contribution in [3.05, 3.63) is 54.1 Å². The van der Waals surface area contributed by atoms with Crippen LogP contribution in [0.5, 0.6) is 0 Å². The maximum Gasteiger partial charge on any atom is 0.254 e. The lowest BCUT2D eigenvalue weighted by molar-refractivity contribution is 0.0920. The van der Waals surface area contributed by atoms with Gasteiger partial charge in [0.05, 0.1) is 11.6 Å². The van der Waals surface area contributed by atoms with Crippen molar-refractivity contribution in [3.8, 4) is 0 Å². The van der Waals surface area contributed by atoms with E-state index in [1.54, 1.807) is 24.5 Å². The van der Waals surface area contributed by atoms with Gasteiger partial charge in [-0.2, -0.15) is 15.3 Å². The van der Waals surface area contributed by atoms with E-state index in [2.05, 4.69) is 38.8 Å². The van der Waals surface area contributed by atoms with Gasteiger partial charge in [0, 0.05) is 50.2 Å². The van der Waals surface area contributed by atoms with Gasteiger partial charge in [-0.25, -0.2) is 4.39 Å². The van der Waals surface area contributed by atoms with Gasteiger partial charge < -0.3 is 21.3 Å². The number of likely N-dealkylation sites (N-methyl/N-ethyl adjacent to an activating group) is 1. The number of piperidine rings is 1.